The third kappa shape index (κ3) is 2.45. The topological polar surface area (TPSA) is 34.1 Å². The van der Waals surface area contributed by atoms with Gasteiger partial charge in [0.25, 0.3) is 0 Å². The molecule has 0 aromatic heterocycles. The van der Waals surface area contributed by atoms with Crippen molar-refractivity contribution in [1.29, 1.82) is 0 Å². The number of Topliss-reactive ketones (excluding diaryl/α,β-unsaturated/α-hetero) is 2. The van der Waals surface area contributed by atoms with Crippen LogP contribution in [0.2, 0.25) is 0 Å². The Kier molecular flexibility index (Phi) is 4.75. The number of fused-ring (bicyclic) bond motifs is 1. The Morgan fingerprint density at radius 1 is 0.885 bits per heavy atom. The first kappa shape index (κ1) is 19.1. The fraction of sp³-hybridized carbons (Fsp3) is 0.583. The van der Waals surface area contributed by atoms with Crippen molar-refractivity contribution in [2.45, 2.75) is 67.2 Å². The molecule has 1 aromatic carbocycles. The molecule has 2 aliphatic carbocycles. The van der Waals surface area contributed by atoms with Gasteiger partial charge in [0.05, 0.1) is 0 Å². The van der Waals surface area contributed by atoms with Gasteiger partial charge in [0.15, 0.2) is 11.6 Å². The Morgan fingerprint density at radius 3 is 1.92 bits per heavy atom. The second kappa shape index (κ2) is 6.48. The summed E-state index contributed by atoms with van der Waals surface area (Å²) in [5.41, 5.74) is 2.72. The largest absolute Gasteiger partial charge is 0.289 e. The lowest BCUT2D eigenvalue weighted by Gasteiger charge is -2.54. The summed E-state index contributed by atoms with van der Waals surface area (Å²) in [7, 11) is 0. The van der Waals surface area contributed by atoms with Crippen LogP contribution in [0.5, 0.6) is 0 Å². The summed E-state index contributed by atoms with van der Waals surface area (Å²) in [4.78, 5) is 27.0. The van der Waals surface area contributed by atoms with E-state index < -0.39 is 0 Å². The molecule has 3 rings (SSSR count). The average Bonchev–Trinajstić information content (AvgIpc) is 2.64. The van der Waals surface area contributed by atoms with Gasteiger partial charge >= 0.3 is 0 Å². The molecular formula is C24H32O2. The lowest BCUT2D eigenvalue weighted by molar-refractivity contribution is 0.0395. The monoisotopic (exact) mass is 352 g/mol. The zero-order valence-corrected chi connectivity index (χ0v) is 17.1. The van der Waals surface area contributed by atoms with Gasteiger partial charge in [0, 0.05) is 27.7 Å². The maximum Gasteiger partial charge on any atom is 0.190 e. The predicted octanol–water partition coefficient (Wildman–Crippen LogP) is 6.26. The van der Waals surface area contributed by atoms with Gasteiger partial charge in [0.2, 0.25) is 0 Å². The minimum Gasteiger partial charge on any atom is -0.289 e. The van der Waals surface area contributed by atoms with E-state index in [4.69, 9.17) is 0 Å². The van der Waals surface area contributed by atoms with Crippen molar-refractivity contribution in [3.63, 3.8) is 0 Å². The minimum absolute atomic E-state index is 0.0847. The highest BCUT2D eigenvalue weighted by atomic mass is 16.1. The number of hydrogen-bond acceptors (Lipinski definition) is 2. The standard InChI is InChI=1S/C24H32O2/c1-7-23(15(3)4)13-19-20(24(8-2,14-23)16(5)6)22(26)18-12-10-9-11-17(18)21(19)25/h9-12,15-16H,7-8,13-14H2,1-6H3. The first-order valence-corrected chi connectivity index (χ1v) is 10.2. The van der Waals surface area contributed by atoms with Gasteiger partial charge in [-0.1, -0.05) is 65.8 Å². The average molecular weight is 353 g/mol. The molecule has 1 aromatic rings. The fourth-order valence-corrected chi connectivity index (χ4v) is 5.52. The van der Waals surface area contributed by atoms with Crippen molar-refractivity contribution in [2.75, 3.05) is 0 Å². The molecule has 0 amide bonds. The second-order valence-corrected chi connectivity index (χ2v) is 8.95. The van der Waals surface area contributed by atoms with Crippen molar-refractivity contribution < 1.29 is 9.59 Å². The van der Waals surface area contributed by atoms with Gasteiger partial charge < -0.3 is 0 Å². The number of rotatable bonds is 4. The van der Waals surface area contributed by atoms with E-state index in [0.717, 1.165) is 36.8 Å². The van der Waals surface area contributed by atoms with Gasteiger partial charge in [-0.05, 0) is 42.9 Å². The first-order valence-electron chi connectivity index (χ1n) is 10.2. The minimum atomic E-state index is -0.214. The van der Waals surface area contributed by atoms with Gasteiger partial charge in [-0.3, -0.25) is 9.59 Å². The molecule has 2 heteroatoms. The normalized spacial score (nSPS) is 28.6. The highest BCUT2D eigenvalue weighted by Crippen LogP contribution is 2.60. The summed E-state index contributed by atoms with van der Waals surface area (Å²) in [5, 5.41) is 0. The highest BCUT2D eigenvalue weighted by Gasteiger charge is 2.54. The van der Waals surface area contributed by atoms with Crippen LogP contribution in [0.25, 0.3) is 0 Å². The van der Waals surface area contributed by atoms with Gasteiger partial charge in [0.1, 0.15) is 0 Å². The predicted molar refractivity (Wildman–Crippen MR) is 106 cm³/mol. The molecule has 0 radical (unpaired) electrons. The number of carbonyl (C=O) groups is 2. The van der Waals surface area contributed by atoms with E-state index >= 15 is 0 Å². The molecule has 0 saturated carbocycles. The van der Waals surface area contributed by atoms with E-state index in [1.54, 1.807) is 0 Å². The molecule has 2 nitrogen and oxygen atoms in total. The summed E-state index contributed by atoms with van der Waals surface area (Å²) in [5.74, 6) is 0.988. The van der Waals surface area contributed by atoms with E-state index in [0.29, 0.717) is 23.0 Å². The van der Waals surface area contributed by atoms with Crippen LogP contribution in [0.4, 0.5) is 0 Å². The molecule has 0 aliphatic heterocycles. The van der Waals surface area contributed by atoms with Crippen LogP contribution in [0, 0.1) is 22.7 Å². The molecule has 26 heavy (non-hydrogen) atoms. The summed E-state index contributed by atoms with van der Waals surface area (Å²) >= 11 is 0. The molecule has 140 valence electrons. The van der Waals surface area contributed by atoms with Gasteiger partial charge in [-0.2, -0.15) is 0 Å². The van der Waals surface area contributed by atoms with Crippen LogP contribution < -0.4 is 0 Å². The smallest absolute Gasteiger partial charge is 0.190 e. The number of ketones is 2. The maximum atomic E-state index is 13.5. The van der Waals surface area contributed by atoms with Crippen molar-refractivity contribution >= 4 is 11.6 Å². The van der Waals surface area contributed by atoms with Crippen molar-refractivity contribution in [3.05, 3.63) is 46.5 Å². The Bertz CT molecular complexity index is 783. The first-order chi connectivity index (χ1) is 12.2. The van der Waals surface area contributed by atoms with Gasteiger partial charge in [-0.15, -0.1) is 0 Å². The Hall–Kier alpha value is -1.70. The zero-order valence-electron chi connectivity index (χ0n) is 17.1. The maximum absolute atomic E-state index is 13.5. The zero-order chi connectivity index (χ0) is 19.3. The fourth-order valence-electron chi connectivity index (χ4n) is 5.52. The summed E-state index contributed by atoms with van der Waals surface area (Å²) in [6, 6.07) is 7.37. The SMILES string of the molecule is CCC1(C(C)C)CC2=C(C(=O)c3ccccc3C2=O)C(CC)(C(C)C)C1. The van der Waals surface area contributed by atoms with Crippen LogP contribution >= 0.6 is 0 Å². The second-order valence-electron chi connectivity index (χ2n) is 8.95. The molecular weight excluding hydrogens is 320 g/mol. The van der Waals surface area contributed by atoms with Crippen LogP contribution in [0.1, 0.15) is 87.9 Å². The number of carbonyl (C=O) groups excluding carboxylic acids is 2. The summed E-state index contributed by atoms with van der Waals surface area (Å²) in [6.07, 6.45) is 3.68. The number of hydrogen-bond donors (Lipinski definition) is 0. The molecule has 0 heterocycles. The van der Waals surface area contributed by atoms with Crippen molar-refractivity contribution in [3.8, 4) is 0 Å². The molecule has 0 N–H and O–H groups in total. The van der Waals surface area contributed by atoms with Gasteiger partial charge in [-0.25, -0.2) is 0 Å². The quantitative estimate of drug-likeness (QED) is 0.641. The number of allylic oxidation sites excluding steroid dienone is 2. The molecule has 0 bridgehead atoms. The molecule has 2 unspecified atom stereocenters. The molecule has 0 fully saturated rings. The van der Waals surface area contributed by atoms with Crippen LogP contribution in [0.3, 0.4) is 0 Å². The molecule has 0 spiro atoms. The third-order valence-electron chi connectivity index (χ3n) is 7.58. The highest BCUT2D eigenvalue weighted by molar-refractivity contribution is 6.27. The van der Waals surface area contributed by atoms with E-state index in [-0.39, 0.29) is 22.4 Å². The Balaban J connectivity index is 2.32. The van der Waals surface area contributed by atoms with E-state index in [1.807, 2.05) is 24.3 Å². The van der Waals surface area contributed by atoms with Crippen molar-refractivity contribution in [2.24, 2.45) is 22.7 Å². The van der Waals surface area contributed by atoms with E-state index in [2.05, 4.69) is 41.5 Å². The van der Waals surface area contributed by atoms with Crippen LogP contribution in [-0.2, 0) is 0 Å². The molecule has 0 saturated heterocycles. The van der Waals surface area contributed by atoms with Crippen LogP contribution in [0.15, 0.2) is 35.4 Å². The van der Waals surface area contributed by atoms with Crippen LogP contribution in [-0.4, -0.2) is 11.6 Å². The van der Waals surface area contributed by atoms with E-state index in [9.17, 15) is 9.59 Å². The molecule has 2 atom stereocenters. The number of benzene rings is 1. The Labute approximate surface area is 158 Å². The van der Waals surface area contributed by atoms with E-state index in [1.165, 1.54) is 0 Å². The summed E-state index contributed by atoms with van der Waals surface area (Å²) in [6.45, 7) is 13.4. The molecule has 2 aliphatic rings. The van der Waals surface area contributed by atoms with Crippen molar-refractivity contribution in [1.82, 2.24) is 0 Å². The lowest BCUT2D eigenvalue weighted by atomic mass is 9.49. The third-order valence-corrected chi connectivity index (χ3v) is 7.58. The summed E-state index contributed by atoms with van der Waals surface area (Å²) < 4.78 is 0. The Morgan fingerprint density at radius 2 is 1.46 bits per heavy atom. The lowest BCUT2D eigenvalue weighted by Crippen LogP contribution is -2.48.